The van der Waals surface area contributed by atoms with Gasteiger partial charge in [-0.25, -0.2) is 0 Å². The van der Waals surface area contributed by atoms with Crippen molar-refractivity contribution in [2.75, 3.05) is 24.6 Å². The van der Waals surface area contributed by atoms with Gasteiger partial charge in [-0.1, -0.05) is 35.9 Å². The van der Waals surface area contributed by atoms with Gasteiger partial charge < -0.3 is 15.0 Å². The van der Waals surface area contributed by atoms with Crippen LogP contribution in [0.5, 0.6) is 5.75 Å². The van der Waals surface area contributed by atoms with Crippen LogP contribution in [-0.4, -0.2) is 31.5 Å². The normalized spacial score (nSPS) is 16.4. The predicted octanol–water partition coefficient (Wildman–Crippen LogP) is 3.45. The summed E-state index contributed by atoms with van der Waals surface area (Å²) in [6.07, 6.45) is 0.938. The Kier molecular flexibility index (Phi) is 6.35. The molecular weight excluding hydrogens is 364 g/mol. The number of hydrogen-bond acceptors (Lipinski definition) is 3. The zero-order valence-corrected chi connectivity index (χ0v) is 16.0. The van der Waals surface area contributed by atoms with Crippen molar-refractivity contribution in [3.63, 3.8) is 0 Å². The quantitative estimate of drug-likeness (QED) is 0.792. The molecule has 2 aromatic carbocycles. The van der Waals surface area contributed by atoms with Gasteiger partial charge in [-0.3, -0.25) is 9.59 Å². The number of halogens is 1. The molecule has 2 amide bonds. The van der Waals surface area contributed by atoms with Gasteiger partial charge in [0.25, 0.3) is 0 Å². The van der Waals surface area contributed by atoms with E-state index in [4.69, 9.17) is 16.3 Å². The minimum atomic E-state index is -0.350. The minimum Gasteiger partial charge on any atom is -0.492 e. The zero-order valence-electron chi connectivity index (χ0n) is 15.3. The van der Waals surface area contributed by atoms with Crippen LogP contribution < -0.4 is 15.0 Å². The van der Waals surface area contributed by atoms with Crippen molar-refractivity contribution < 1.29 is 14.3 Å². The van der Waals surface area contributed by atoms with Crippen LogP contribution in [0.15, 0.2) is 48.5 Å². The molecule has 1 aliphatic heterocycles. The number of hydrogen-bond donors (Lipinski definition) is 1. The van der Waals surface area contributed by atoms with Crippen LogP contribution in [0.1, 0.15) is 18.9 Å². The number of carbonyl (C=O) groups excluding carboxylic acids is 2. The first kappa shape index (κ1) is 19.2. The van der Waals surface area contributed by atoms with Crippen LogP contribution in [0.3, 0.4) is 0 Å². The summed E-state index contributed by atoms with van der Waals surface area (Å²) in [6.45, 7) is 3.32. The van der Waals surface area contributed by atoms with E-state index in [0.717, 1.165) is 17.7 Å². The molecule has 1 atom stereocenters. The second kappa shape index (κ2) is 8.91. The van der Waals surface area contributed by atoms with Gasteiger partial charge in [0, 0.05) is 24.5 Å². The smallest absolute Gasteiger partial charge is 0.227 e. The van der Waals surface area contributed by atoms with Gasteiger partial charge in [-0.05, 0) is 43.2 Å². The molecule has 1 aliphatic rings. The van der Waals surface area contributed by atoms with E-state index in [9.17, 15) is 9.59 Å². The topological polar surface area (TPSA) is 58.6 Å². The number of benzene rings is 2. The lowest BCUT2D eigenvalue weighted by molar-refractivity contribution is -0.126. The van der Waals surface area contributed by atoms with Crippen molar-refractivity contribution in [2.24, 2.45) is 5.92 Å². The van der Waals surface area contributed by atoms with E-state index in [1.807, 2.05) is 55.5 Å². The zero-order chi connectivity index (χ0) is 19.2. The fourth-order valence-electron chi connectivity index (χ4n) is 3.20. The fourth-order valence-corrected chi connectivity index (χ4v) is 3.33. The molecule has 1 fully saturated rings. The van der Waals surface area contributed by atoms with E-state index < -0.39 is 0 Å². The Balaban J connectivity index is 1.56. The molecule has 1 saturated heterocycles. The molecule has 1 heterocycles. The maximum absolute atomic E-state index is 12.5. The number of ether oxygens (including phenoxy) is 1. The van der Waals surface area contributed by atoms with E-state index in [1.54, 1.807) is 4.90 Å². The summed E-state index contributed by atoms with van der Waals surface area (Å²) in [7, 11) is 0. The maximum Gasteiger partial charge on any atom is 0.227 e. The SMILES string of the molecule is CCOc1ccccc1N1C[C@H](C(=O)NCCc2ccc(Cl)cc2)CC1=O. The number of para-hydroxylation sites is 2. The highest BCUT2D eigenvalue weighted by molar-refractivity contribution is 6.30. The molecular formula is C21H23ClN2O3. The Hall–Kier alpha value is -2.53. The lowest BCUT2D eigenvalue weighted by atomic mass is 10.1. The molecule has 0 bridgehead atoms. The molecule has 0 aliphatic carbocycles. The van der Waals surface area contributed by atoms with Crippen molar-refractivity contribution in [1.82, 2.24) is 5.32 Å². The van der Waals surface area contributed by atoms with Crippen molar-refractivity contribution >= 4 is 29.1 Å². The van der Waals surface area contributed by atoms with E-state index >= 15 is 0 Å². The van der Waals surface area contributed by atoms with Gasteiger partial charge in [-0.15, -0.1) is 0 Å². The average molecular weight is 387 g/mol. The van der Waals surface area contributed by atoms with Gasteiger partial charge in [0.15, 0.2) is 0 Å². The van der Waals surface area contributed by atoms with Crippen molar-refractivity contribution in [1.29, 1.82) is 0 Å². The molecule has 1 N–H and O–H groups in total. The minimum absolute atomic E-state index is 0.0556. The molecule has 3 rings (SSSR count). The summed E-state index contributed by atoms with van der Waals surface area (Å²) < 4.78 is 5.61. The summed E-state index contributed by atoms with van der Waals surface area (Å²) in [5.41, 5.74) is 1.83. The summed E-state index contributed by atoms with van der Waals surface area (Å²) in [5, 5.41) is 3.63. The number of amides is 2. The Bertz CT molecular complexity index is 807. The number of nitrogens with one attached hydrogen (secondary N) is 1. The van der Waals surface area contributed by atoms with Gasteiger partial charge in [0.1, 0.15) is 5.75 Å². The third-order valence-corrected chi connectivity index (χ3v) is 4.83. The van der Waals surface area contributed by atoms with Crippen molar-refractivity contribution in [3.05, 3.63) is 59.1 Å². The predicted molar refractivity (Wildman–Crippen MR) is 106 cm³/mol. The van der Waals surface area contributed by atoms with Crippen LogP contribution in [0.2, 0.25) is 5.02 Å². The monoisotopic (exact) mass is 386 g/mol. The van der Waals surface area contributed by atoms with Crippen LogP contribution in [-0.2, 0) is 16.0 Å². The van der Waals surface area contributed by atoms with Gasteiger partial charge in [-0.2, -0.15) is 0 Å². The molecule has 0 saturated carbocycles. The van der Waals surface area contributed by atoms with Crippen LogP contribution >= 0.6 is 11.6 Å². The maximum atomic E-state index is 12.5. The third kappa shape index (κ3) is 4.80. The summed E-state index contributed by atoms with van der Waals surface area (Å²) in [6, 6.07) is 15.0. The molecule has 27 heavy (non-hydrogen) atoms. The van der Waals surface area contributed by atoms with Crippen molar-refractivity contribution in [3.8, 4) is 5.75 Å². The highest BCUT2D eigenvalue weighted by atomic mass is 35.5. The Labute approximate surface area is 164 Å². The van der Waals surface area contributed by atoms with E-state index in [0.29, 0.717) is 30.5 Å². The number of anilines is 1. The van der Waals surface area contributed by atoms with Crippen LogP contribution in [0.4, 0.5) is 5.69 Å². The number of nitrogens with zero attached hydrogens (tertiary/aromatic N) is 1. The molecule has 0 radical (unpaired) electrons. The summed E-state index contributed by atoms with van der Waals surface area (Å²) in [5.74, 6) is 0.170. The Morgan fingerprint density at radius 1 is 1.22 bits per heavy atom. The summed E-state index contributed by atoms with van der Waals surface area (Å²) >= 11 is 5.88. The lowest BCUT2D eigenvalue weighted by Gasteiger charge is -2.20. The van der Waals surface area contributed by atoms with Gasteiger partial charge in [0.05, 0.1) is 18.2 Å². The highest BCUT2D eigenvalue weighted by Crippen LogP contribution is 2.33. The van der Waals surface area contributed by atoms with Gasteiger partial charge >= 0.3 is 0 Å². The van der Waals surface area contributed by atoms with Gasteiger partial charge in [0.2, 0.25) is 11.8 Å². The van der Waals surface area contributed by atoms with E-state index in [2.05, 4.69) is 5.32 Å². The summed E-state index contributed by atoms with van der Waals surface area (Å²) in [4.78, 5) is 26.6. The first-order valence-electron chi connectivity index (χ1n) is 9.13. The standard InChI is InChI=1S/C21H23ClN2O3/c1-2-27-19-6-4-3-5-18(19)24-14-16(13-20(24)25)21(26)23-12-11-15-7-9-17(22)10-8-15/h3-10,16H,2,11-14H2,1H3,(H,23,26)/t16-/m1/s1. The lowest BCUT2D eigenvalue weighted by Crippen LogP contribution is -2.34. The van der Waals surface area contributed by atoms with E-state index in [-0.39, 0.29) is 24.2 Å². The fraction of sp³-hybridized carbons (Fsp3) is 0.333. The number of rotatable bonds is 7. The van der Waals surface area contributed by atoms with Crippen molar-refractivity contribution in [2.45, 2.75) is 19.8 Å². The Morgan fingerprint density at radius 3 is 2.70 bits per heavy atom. The molecule has 6 heteroatoms. The molecule has 0 spiro atoms. The first-order valence-corrected chi connectivity index (χ1v) is 9.50. The molecule has 5 nitrogen and oxygen atoms in total. The molecule has 0 aromatic heterocycles. The first-order chi connectivity index (χ1) is 13.1. The second-order valence-electron chi connectivity index (χ2n) is 6.47. The van der Waals surface area contributed by atoms with Crippen LogP contribution in [0.25, 0.3) is 0 Å². The largest absolute Gasteiger partial charge is 0.492 e. The van der Waals surface area contributed by atoms with Crippen LogP contribution in [0, 0.1) is 5.92 Å². The number of carbonyl (C=O) groups is 2. The van der Waals surface area contributed by atoms with E-state index in [1.165, 1.54) is 0 Å². The molecule has 0 unspecified atom stereocenters. The molecule has 142 valence electrons. The third-order valence-electron chi connectivity index (χ3n) is 4.58. The highest BCUT2D eigenvalue weighted by Gasteiger charge is 2.36. The average Bonchev–Trinajstić information content (AvgIpc) is 3.06. The molecule has 2 aromatic rings. The Morgan fingerprint density at radius 2 is 1.96 bits per heavy atom. The second-order valence-corrected chi connectivity index (χ2v) is 6.91.